The van der Waals surface area contributed by atoms with E-state index in [9.17, 15) is 4.79 Å². The average Bonchev–Trinajstić information content (AvgIpc) is 3.32. The summed E-state index contributed by atoms with van der Waals surface area (Å²) in [7, 11) is 0. The third kappa shape index (κ3) is 5.95. The molecule has 5 aromatic rings. The number of carbonyl (C=O) groups excluding carboxylic acids is 1. The lowest BCUT2D eigenvalue weighted by Gasteiger charge is -2.15. The predicted molar refractivity (Wildman–Crippen MR) is 157 cm³/mol. The van der Waals surface area contributed by atoms with Crippen LogP contribution in [0.4, 0.5) is 16.2 Å². The third-order valence-electron chi connectivity index (χ3n) is 6.33. The fraction of sp³-hybridized carbons (Fsp3) is 0.125. The summed E-state index contributed by atoms with van der Waals surface area (Å²) in [6, 6.07) is 30.9. The second-order valence-corrected chi connectivity index (χ2v) is 9.57. The first-order valence-corrected chi connectivity index (χ1v) is 13.1. The lowest BCUT2D eigenvalue weighted by atomic mass is 10.0. The van der Waals surface area contributed by atoms with Gasteiger partial charge in [-0.1, -0.05) is 95.6 Å². The fourth-order valence-corrected chi connectivity index (χ4v) is 4.55. The Morgan fingerprint density at radius 3 is 2.12 bits per heavy atom. The van der Waals surface area contributed by atoms with Crippen molar-refractivity contribution in [2.24, 2.45) is 4.99 Å². The fourth-order valence-electron chi connectivity index (χ4n) is 4.26. The zero-order valence-electron chi connectivity index (χ0n) is 22.3. The van der Waals surface area contributed by atoms with E-state index in [2.05, 4.69) is 10.5 Å². The molecule has 0 aliphatic carbocycles. The van der Waals surface area contributed by atoms with Gasteiger partial charge in [0.2, 0.25) is 5.76 Å². The summed E-state index contributed by atoms with van der Waals surface area (Å²) >= 11 is 6.25. The number of nitrogens with zero attached hydrogens (tertiary/aromatic N) is 3. The van der Waals surface area contributed by atoms with Crippen molar-refractivity contribution < 1.29 is 14.1 Å². The van der Waals surface area contributed by atoms with Gasteiger partial charge in [-0.2, -0.15) is 0 Å². The van der Waals surface area contributed by atoms with Gasteiger partial charge in [0.15, 0.2) is 0 Å². The van der Waals surface area contributed by atoms with E-state index in [1.807, 2.05) is 91.9 Å². The van der Waals surface area contributed by atoms with E-state index < -0.39 is 12.2 Å². The van der Waals surface area contributed by atoms with Crippen molar-refractivity contribution in [3.63, 3.8) is 0 Å². The predicted octanol–water partition coefficient (Wildman–Crippen LogP) is 8.49. The number of pyridine rings is 1. The summed E-state index contributed by atoms with van der Waals surface area (Å²) in [4.78, 5) is 22.5. The number of amides is 1. The largest absolute Gasteiger partial charge is 0.441 e. The van der Waals surface area contributed by atoms with Gasteiger partial charge >= 0.3 is 6.09 Å². The van der Waals surface area contributed by atoms with Crippen LogP contribution in [0.15, 0.2) is 107 Å². The second-order valence-electron chi connectivity index (χ2n) is 9.16. The van der Waals surface area contributed by atoms with E-state index in [1.165, 1.54) is 0 Å². The van der Waals surface area contributed by atoms with Crippen LogP contribution in [0, 0.1) is 13.8 Å². The lowest BCUT2D eigenvalue weighted by molar-refractivity contribution is 0.121. The number of halogens is 1. The molecule has 0 aliphatic rings. The van der Waals surface area contributed by atoms with Crippen LogP contribution in [0.3, 0.4) is 0 Å². The van der Waals surface area contributed by atoms with Gasteiger partial charge in [-0.3, -0.25) is 5.32 Å². The zero-order valence-corrected chi connectivity index (χ0v) is 23.0. The molecule has 5 rings (SSSR count). The summed E-state index contributed by atoms with van der Waals surface area (Å²) in [5.74, 6) is 0.324. The van der Waals surface area contributed by atoms with Crippen LogP contribution in [0.25, 0.3) is 11.5 Å². The molecule has 0 saturated heterocycles. The van der Waals surface area contributed by atoms with Crippen molar-refractivity contribution in [3.8, 4) is 11.5 Å². The number of ether oxygens (including phenoxy) is 1. The highest BCUT2D eigenvalue weighted by Crippen LogP contribution is 2.33. The number of anilines is 1. The number of aliphatic imine (C=N–C) groups is 1. The third-order valence-corrected chi connectivity index (χ3v) is 6.68. The molecule has 0 fully saturated rings. The molecule has 200 valence electrons. The van der Waals surface area contributed by atoms with Crippen molar-refractivity contribution in [1.82, 2.24) is 10.1 Å². The summed E-state index contributed by atoms with van der Waals surface area (Å²) < 4.78 is 11.1. The van der Waals surface area contributed by atoms with Gasteiger partial charge < -0.3 is 9.26 Å². The highest BCUT2D eigenvalue weighted by molar-refractivity contribution is 6.31. The molecular formula is C32H27ClN4O3. The maximum absolute atomic E-state index is 12.8. The van der Waals surface area contributed by atoms with Crippen LogP contribution < -0.4 is 5.32 Å². The van der Waals surface area contributed by atoms with Crippen LogP contribution >= 0.6 is 11.6 Å². The van der Waals surface area contributed by atoms with E-state index in [-0.39, 0.29) is 0 Å². The summed E-state index contributed by atoms with van der Waals surface area (Å²) in [6.07, 6.45) is -1.22. The average molecular weight is 551 g/mol. The maximum Gasteiger partial charge on any atom is 0.412 e. The highest BCUT2D eigenvalue weighted by Gasteiger charge is 2.22. The van der Waals surface area contributed by atoms with Crippen LogP contribution in [-0.4, -0.2) is 21.9 Å². The number of hydrogen-bond donors (Lipinski definition) is 1. The van der Waals surface area contributed by atoms with Crippen LogP contribution in [-0.2, 0) is 4.74 Å². The minimum absolute atomic E-state index is 0.324. The number of benzene rings is 3. The van der Waals surface area contributed by atoms with Gasteiger partial charge in [-0.05, 0) is 39.0 Å². The molecule has 40 heavy (non-hydrogen) atoms. The van der Waals surface area contributed by atoms with Crippen LogP contribution in [0.2, 0.25) is 5.02 Å². The number of carbonyl (C=O) groups is 1. The first-order valence-electron chi connectivity index (χ1n) is 12.8. The number of hydrogen-bond acceptors (Lipinski definition) is 6. The van der Waals surface area contributed by atoms with Crippen LogP contribution in [0.5, 0.6) is 0 Å². The van der Waals surface area contributed by atoms with Gasteiger partial charge in [-0.15, -0.1) is 0 Å². The molecule has 2 aromatic heterocycles. The Labute approximate surface area is 237 Å². The maximum atomic E-state index is 12.8. The van der Waals surface area contributed by atoms with Crippen molar-refractivity contribution in [3.05, 3.63) is 130 Å². The van der Waals surface area contributed by atoms with E-state index in [1.54, 1.807) is 26.0 Å². The minimum atomic E-state index is -0.659. The van der Waals surface area contributed by atoms with Gasteiger partial charge in [0, 0.05) is 21.7 Å². The van der Waals surface area contributed by atoms with E-state index >= 15 is 0 Å². The minimum Gasteiger partial charge on any atom is -0.441 e. The molecule has 0 bridgehead atoms. The molecular weight excluding hydrogens is 524 g/mol. The molecule has 0 spiro atoms. The molecule has 0 saturated carbocycles. The Balaban J connectivity index is 1.41. The van der Waals surface area contributed by atoms with Crippen molar-refractivity contribution in [2.75, 3.05) is 5.32 Å². The molecule has 3 aromatic carbocycles. The molecule has 8 heteroatoms. The number of aromatic nitrogens is 2. The molecule has 1 N–H and O–H groups in total. The van der Waals surface area contributed by atoms with Gasteiger partial charge in [-0.25, -0.2) is 14.8 Å². The standard InChI is InChI=1S/C32H27ClN4O3/c1-20-27(35-30(23-12-6-4-7-13-23)24-14-8-5-9-15-24)18-19-28(34-20)31-29(21(2)37-40-31)36-32(38)39-22(3)25-16-10-11-17-26(25)33/h4-19,22H,1-3H3,(H,36,38)/t22-/m1/s1. The summed E-state index contributed by atoms with van der Waals surface area (Å²) in [6.45, 7) is 5.37. The molecule has 2 heterocycles. The van der Waals surface area contributed by atoms with Crippen molar-refractivity contribution in [1.29, 1.82) is 0 Å². The number of nitrogens with one attached hydrogen (secondary N) is 1. The SMILES string of the molecule is Cc1nc(-c2onc(C)c2NC(=O)O[C@H](C)c2ccccc2Cl)ccc1N=C(c1ccccc1)c1ccccc1. The Bertz CT molecular complexity index is 1630. The summed E-state index contributed by atoms with van der Waals surface area (Å²) in [5.41, 5.74) is 6.34. The monoisotopic (exact) mass is 550 g/mol. The Kier molecular flexibility index (Phi) is 8.03. The highest BCUT2D eigenvalue weighted by atomic mass is 35.5. The van der Waals surface area contributed by atoms with E-state index in [0.29, 0.717) is 44.8 Å². The lowest BCUT2D eigenvalue weighted by Crippen LogP contribution is -2.17. The molecule has 0 radical (unpaired) electrons. The van der Waals surface area contributed by atoms with Gasteiger partial charge in [0.05, 0.1) is 17.1 Å². The Hall–Kier alpha value is -4.75. The topological polar surface area (TPSA) is 89.6 Å². The van der Waals surface area contributed by atoms with E-state index in [0.717, 1.165) is 16.8 Å². The Morgan fingerprint density at radius 2 is 1.50 bits per heavy atom. The quantitative estimate of drug-likeness (QED) is 0.205. The normalized spacial score (nSPS) is 11.5. The van der Waals surface area contributed by atoms with Crippen molar-refractivity contribution in [2.45, 2.75) is 26.9 Å². The van der Waals surface area contributed by atoms with Crippen molar-refractivity contribution >= 4 is 34.8 Å². The molecule has 1 amide bonds. The zero-order chi connectivity index (χ0) is 28.1. The number of aryl methyl sites for hydroxylation is 2. The van der Waals surface area contributed by atoms with Gasteiger partial charge in [0.25, 0.3) is 0 Å². The molecule has 1 atom stereocenters. The Morgan fingerprint density at radius 1 is 0.875 bits per heavy atom. The second kappa shape index (κ2) is 12.0. The molecule has 0 aliphatic heterocycles. The van der Waals surface area contributed by atoms with Crippen LogP contribution in [0.1, 0.15) is 41.1 Å². The number of rotatable bonds is 7. The van der Waals surface area contributed by atoms with E-state index in [4.69, 9.17) is 30.8 Å². The first kappa shape index (κ1) is 26.8. The van der Waals surface area contributed by atoms with Gasteiger partial charge in [0.1, 0.15) is 23.2 Å². The molecule has 7 nitrogen and oxygen atoms in total. The smallest absolute Gasteiger partial charge is 0.412 e. The first-order chi connectivity index (χ1) is 19.4. The summed E-state index contributed by atoms with van der Waals surface area (Å²) in [5, 5.41) is 7.32. The molecule has 0 unspecified atom stereocenters.